The average molecular weight is 256 g/mol. The molecule has 1 saturated heterocycles. The van der Waals surface area contributed by atoms with Crippen molar-refractivity contribution >= 4 is 0 Å². The normalized spacial score (nSPS) is 16.7. The quantitative estimate of drug-likeness (QED) is 0.896. The Kier molecular flexibility index (Phi) is 3.34. The van der Waals surface area contributed by atoms with Crippen LogP contribution in [0.5, 0.6) is 0 Å². The van der Waals surface area contributed by atoms with Crippen LogP contribution < -0.4 is 5.32 Å². The lowest BCUT2D eigenvalue weighted by atomic mass is 9.89. The largest absolute Gasteiger partial charge is 0.317 e. The molecule has 0 saturated carbocycles. The maximum atomic E-state index is 4.78. The highest BCUT2D eigenvalue weighted by molar-refractivity contribution is 5.68. The minimum atomic E-state index is 0.573. The Hall–Kier alpha value is -1.68. The van der Waals surface area contributed by atoms with Gasteiger partial charge in [-0.3, -0.25) is 9.67 Å². The number of piperidine rings is 1. The second-order valence-corrected chi connectivity index (χ2v) is 5.23. The summed E-state index contributed by atoms with van der Waals surface area (Å²) < 4.78 is 2.01. The van der Waals surface area contributed by atoms with Gasteiger partial charge in [-0.05, 0) is 50.6 Å². The first-order valence-corrected chi connectivity index (χ1v) is 6.92. The molecule has 0 radical (unpaired) electrons. The molecule has 1 aliphatic rings. The van der Waals surface area contributed by atoms with Crippen LogP contribution in [0.2, 0.25) is 0 Å². The molecule has 0 atom stereocenters. The number of hydrogen-bond acceptors (Lipinski definition) is 3. The van der Waals surface area contributed by atoms with Crippen molar-refractivity contribution in [3.63, 3.8) is 0 Å². The number of aryl methyl sites for hydroxylation is 1. The molecule has 4 nitrogen and oxygen atoms in total. The van der Waals surface area contributed by atoms with Crippen LogP contribution in [-0.4, -0.2) is 27.9 Å². The number of nitrogens with zero attached hydrogens (tertiary/aromatic N) is 3. The predicted molar refractivity (Wildman–Crippen MR) is 76.0 cm³/mol. The van der Waals surface area contributed by atoms with Crippen molar-refractivity contribution in [3.8, 4) is 11.1 Å². The van der Waals surface area contributed by atoms with Crippen LogP contribution in [0.4, 0.5) is 0 Å². The van der Waals surface area contributed by atoms with Gasteiger partial charge in [0.05, 0.1) is 5.69 Å². The molecule has 0 aliphatic carbocycles. The lowest BCUT2D eigenvalue weighted by Crippen LogP contribution is -2.27. The second-order valence-electron chi connectivity index (χ2n) is 5.23. The van der Waals surface area contributed by atoms with Gasteiger partial charge in [-0.15, -0.1) is 0 Å². The third kappa shape index (κ3) is 2.28. The SMILES string of the molecule is Cc1c(-c2ccncc2)c(C2CCNCC2)nn1C. The fraction of sp³-hybridized carbons (Fsp3) is 0.467. The lowest BCUT2D eigenvalue weighted by Gasteiger charge is -2.22. The van der Waals surface area contributed by atoms with E-state index in [1.807, 2.05) is 24.1 Å². The molecule has 3 rings (SSSR count). The minimum Gasteiger partial charge on any atom is -0.317 e. The van der Waals surface area contributed by atoms with Gasteiger partial charge in [0.25, 0.3) is 0 Å². The van der Waals surface area contributed by atoms with Crippen LogP contribution in [0, 0.1) is 6.92 Å². The van der Waals surface area contributed by atoms with E-state index in [9.17, 15) is 0 Å². The van der Waals surface area contributed by atoms with Gasteiger partial charge in [0.2, 0.25) is 0 Å². The van der Waals surface area contributed by atoms with E-state index in [0.717, 1.165) is 13.1 Å². The summed E-state index contributed by atoms with van der Waals surface area (Å²) in [6.45, 7) is 4.33. The van der Waals surface area contributed by atoms with Gasteiger partial charge >= 0.3 is 0 Å². The van der Waals surface area contributed by atoms with Crippen LogP contribution in [0.25, 0.3) is 11.1 Å². The first-order valence-electron chi connectivity index (χ1n) is 6.92. The van der Waals surface area contributed by atoms with E-state index in [0.29, 0.717) is 5.92 Å². The van der Waals surface area contributed by atoms with Crippen molar-refractivity contribution in [1.29, 1.82) is 0 Å². The van der Waals surface area contributed by atoms with Gasteiger partial charge in [-0.1, -0.05) is 0 Å². The predicted octanol–water partition coefficient (Wildman–Crippen LogP) is 2.26. The maximum absolute atomic E-state index is 4.78. The first-order chi connectivity index (χ1) is 9.27. The van der Waals surface area contributed by atoms with Gasteiger partial charge in [-0.25, -0.2) is 0 Å². The molecule has 0 unspecified atom stereocenters. The zero-order chi connectivity index (χ0) is 13.2. The zero-order valence-electron chi connectivity index (χ0n) is 11.6. The molecule has 4 heteroatoms. The Morgan fingerprint density at radius 3 is 2.58 bits per heavy atom. The van der Waals surface area contributed by atoms with Gasteiger partial charge in [-0.2, -0.15) is 5.10 Å². The van der Waals surface area contributed by atoms with Crippen LogP contribution in [0.1, 0.15) is 30.1 Å². The zero-order valence-corrected chi connectivity index (χ0v) is 11.6. The summed E-state index contributed by atoms with van der Waals surface area (Å²) in [5, 5.41) is 8.20. The van der Waals surface area contributed by atoms with Crippen LogP contribution in [0.3, 0.4) is 0 Å². The number of nitrogens with one attached hydrogen (secondary N) is 1. The summed E-state index contributed by atoms with van der Waals surface area (Å²) in [7, 11) is 2.03. The van der Waals surface area contributed by atoms with Crippen LogP contribution in [0.15, 0.2) is 24.5 Å². The minimum absolute atomic E-state index is 0.573. The number of rotatable bonds is 2. The third-order valence-electron chi connectivity index (χ3n) is 4.06. The van der Waals surface area contributed by atoms with Crippen molar-refractivity contribution in [2.45, 2.75) is 25.7 Å². The van der Waals surface area contributed by atoms with E-state index < -0.39 is 0 Å². The summed E-state index contributed by atoms with van der Waals surface area (Å²) in [6, 6.07) is 4.16. The van der Waals surface area contributed by atoms with Crippen molar-refractivity contribution in [2.24, 2.45) is 7.05 Å². The maximum Gasteiger partial charge on any atom is 0.0737 e. The van der Waals surface area contributed by atoms with Gasteiger partial charge in [0.1, 0.15) is 0 Å². The standard InChI is InChI=1S/C15H20N4/c1-11-14(12-3-7-16-8-4-12)15(18-19(11)2)13-5-9-17-10-6-13/h3-4,7-8,13,17H,5-6,9-10H2,1-2H3. The molecule has 2 aromatic heterocycles. The molecular formula is C15H20N4. The van der Waals surface area contributed by atoms with Crippen molar-refractivity contribution in [3.05, 3.63) is 35.9 Å². The summed E-state index contributed by atoms with van der Waals surface area (Å²) >= 11 is 0. The number of aromatic nitrogens is 3. The molecule has 1 fully saturated rings. The van der Waals surface area contributed by atoms with Crippen molar-refractivity contribution in [2.75, 3.05) is 13.1 Å². The molecule has 100 valence electrons. The summed E-state index contributed by atoms with van der Waals surface area (Å²) in [6.07, 6.45) is 6.06. The summed E-state index contributed by atoms with van der Waals surface area (Å²) in [4.78, 5) is 4.11. The number of pyridine rings is 1. The van der Waals surface area contributed by atoms with Crippen molar-refractivity contribution < 1.29 is 0 Å². The van der Waals surface area contributed by atoms with Gasteiger partial charge in [0, 0.05) is 36.6 Å². The summed E-state index contributed by atoms with van der Waals surface area (Å²) in [5.41, 5.74) is 5.03. The molecule has 1 N–H and O–H groups in total. The van der Waals surface area contributed by atoms with E-state index in [-0.39, 0.29) is 0 Å². The second kappa shape index (κ2) is 5.13. The highest BCUT2D eigenvalue weighted by atomic mass is 15.3. The van der Waals surface area contributed by atoms with Crippen LogP contribution >= 0.6 is 0 Å². The number of hydrogen-bond donors (Lipinski definition) is 1. The molecule has 0 amide bonds. The molecule has 0 spiro atoms. The Labute approximate surface area is 113 Å². The fourth-order valence-electron chi connectivity index (χ4n) is 2.89. The molecule has 3 heterocycles. The Morgan fingerprint density at radius 1 is 1.21 bits per heavy atom. The lowest BCUT2D eigenvalue weighted by molar-refractivity contribution is 0.450. The topological polar surface area (TPSA) is 42.7 Å². The Bertz CT molecular complexity index is 553. The summed E-state index contributed by atoms with van der Waals surface area (Å²) in [5.74, 6) is 0.573. The Morgan fingerprint density at radius 2 is 1.89 bits per heavy atom. The monoisotopic (exact) mass is 256 g/mol. The molecule has 0 aromatic carbocycles. The van der Waals surface area contributed by atoms with Crippen molar-refractivity contribution in [1.82, 2.24) is 20.1 Å². The molecule has 0 bridgehead atoms. The highest BCUT2D eigenvalue weighted by Gasteiger charge is 2.24. The smallest absolute Gasteiger partial charge is 0.0737 e. The molecular weight excluding hydrogens is 236 g/mol. The first kappa shape index (κ1) is 12.4. The molecule has 19 heavy (non-hydrogen) atoms. The van der Waals surface area contributed by atoms with Crippen LogP contribution in [-0.2, 0) is 7.05 Å². The van der Waals surface area contributed by atoms with Gasteiger partial charge in [0.15, 0.2) is 0 Å². The van der Waals surface area contributed by atoms with Gasteiger partial charge < -0.3 is 5.32 Å². The van der Waals surface area contributed by atoms with E-state index >= 15 is 0 Å². The van der Waals surface area contributed by atoms with E-state index in [1.54, 1.807) is 0 Å². The molecule has 1 aliphatic heterocycles. The Balaban J connectivity index is 2.07. The fourth-order valence-corrected chi connectivity index (χ4v) is 2.89. The van der Waals surface area contributed by atoms with E-state index in [4.69, 9.17) is 5.10 Å². The molecule has 2 aromatic rings. The van der Waals surface area contributed by atoms with E-state index in [1.165, 1.54) is 35.4 Å². The average Bonchev–Trinajstić information content (AvgIpc) is 2.77. The highest BCUT2D eigenvalue weighted by Crippen LogP contribution is 2.35. The van der Waals surface area contributed by atoms with E-state index in [2.05, 4.69) is 29.4 Å². The third-order valence-corrected chi connectivity index (χ3v) is 4.06.